The quantitative estimate of drug-likeness (QED) is 0.320. The van der Waals surface area contributed by atoms with Gasteiger partial charge in [0, 0.05) is 31.4 Å². The fraction of sp³-hybridized carbons (Fsp3) is 0.333. The molecule has 0 spiro atoms. The zero-order valence-corrected chi connectivity index (χ0v) is 17.2. The number of hydrogen-bond acceptors (Lipinski definition) is 4. The van der Waals surface area contributed by atoms with E-state index >= 15 is 0 Å². The number of pyridine rings is 1. The minimum absolute atomic E-state index is 0. The molecule has 1 aromatic carbocycles. The van der Waals surface area contributed by atoms with Crippen molar-refractivity contribution in [2.45, 2.75) is 19.5 Å². The summed E-state index contributed by atoms with van der Waals surface area (Å²) >= 11 is 0. The van der Waals surface area contributed by atoms with Gasteiger partial charge in [0.1, 0.15) is 0 Å². The zero-order chi connectivity index (χ0) is 18.8. The lowest BCUT2D eigenvalue weighted by molar-refractivity contribution is -0.0512. The summed E-state index contributed by atoms with van der Waals surface area (Å²) in [7, 11) is 1.40. The molecule has 0 saturated carbocycles. The van der Waals surface area contributed by atoms with Crippen LogP contribution in [0.3, 0.4) is 0 Å². The van der Waals surface area contributed by atoms with Gasteiger partial charge in [-0.2, -0.15) is 8.78 Å². The third-order valence-electron chi connectivity index (χ3n) is 3.54. The highest BCUT2D eigenvalue weighted by Gasteiger charge is 2.11. The largest absolute Gasteiger partial charge is 0.493 e. The number of alkyl halides is 2. The number of nitrogens with one attached hydrogen (secondary N) is 1. The topological polar surface area (TPSA) is 81.8 Å². The summed E-state index contributed by atoms with van der Waals surface area (Å²) in [4.78, 5) is 8.45. The molecule has 0 aliphatic rings. The van der Waals surface area contributed by atoms with Crippen molar-refractivity contribution in [3.8, 4) is 11.5 Å². The Hall–Kier alpha value is -2.17. The van der Waals surface area contributed by atoms with Crippen molar-refractivity contribution in [1.29, 1.82) is 0 Å². The first-order chi connectivity index (χ1) is 12.6. The molecule has 0 saturated heterocycles. The fourth-order valence-corrected chi connectivity index (χ4v) is 2.29. The molecule has 6 nitrogen and oxygen atoms in total. The molecule has 0 radical (unpaired) electrons. The number of nitrogens with zero attached hydrogens (tertiary/aromatic N) is 2. The number of nitrogens with two attached hydrogens (primary N) is 1. The van der Waals surface area contributed by atoms with E-state index in [9.17, 15) is 8.78 Å². The maximum atomic E-state index is 12.4. The predicted octanol–water partition coefficient (Wildman–Crippen LogP) is 3.00. The van der Waals surface area contributed by atoms with Crippen LogP contribution in [0.4, 0.5) is 8.78 Å². The van der Waals surface area contributed by atoms with Crippen LogP contribution in [-0.4, -0.2) is 37.8 Å². The Bertz CT molecular complexity index is 718. The highest BCUT2D eigenvalue weighted by atomic mass is 127. The summed E-state index contributed by atoms with van der Waals surface area (Å²) in [5, 5.41) is 2.99. The number of benzene rings is 1. The van der Waals surface area contributed by atoms with Gasteiger partial charge in [-0.25, -0.2) is 0 Å². The molecule has 3 N–H and O–H groups in total. The van der Waals surface area contributed by atoms with E-state index in [0.717, 1.165) is 11.3 Å². The summed E-state index contributed by atoms with van der Waals surface area (Å²) in [5.74, 6) is 0.605. The molecule has 1 aromatic heterocycles. The van der Waals surface area contributed by atoms with Gasteiger partial charge in [0.2, 0.25) is 0 Å². The Labute approximate surface area is 174 Å². The molecule has 2 rings (SSSR count). The smallest absolute Gasteiger partial charge is 0.387 e. The summed E-state index contributed by atoms with van der Waals surface area (Å²) in [5.41, 5.74) is 7.59. The van der Waals surface area contributed by atoms with Gasteiger partial charge in [-0.3, -0.25) is 9.98 Å². The van der Waals surface area contributed by atoms with Crippen molar-refractivity contribution in [3.63, 3.8) is 0 Å². The second-order valence-electron chi connectivity index (χ2n) is 5.38. The number of ether oxygens (including phenoxy) is 2. The highest BCUT2D eigenvalue weighted by molar-refractivity contribution is 14.0. The van der Waals surface area contributed by atoms with Gasteiger partial charge >= 0.3 is 6.61 Å². The monoisotopic (exact) mass is 492 g/mol. The van der Waals surface area contributed by atoms with E-state index in [1.807, 2.05) is 18.2 Å². The summed E-state index contributed by atoms with van der Waals surface area (Å²) in [6.45, 7) is -1.86. The van der Waals surface area contributed by atoms with Crippen LogP contribution in [0.1, 0.15) is 11.3 Å². The average Bonchev–Trinajstić information content (AvgIpc) is 2.62. The molecule has 0 amide bonds. The number of aliphatic imine (C=N–C) groups is 1. The van der Waals surface area contributed by atoms with E-state index < -0.39 is 6.61 Å². The van der Waals surface area contributed by atoms with Gasteiger partial charge < -0.3 is 20.5 Å². The standard InChI is InChI=1S/C18H22F2N4O2.HI/c1-25-15-6-5-13(12-16(15)26-17(19)20)7-10-23-18(21)24-11-8-14-4-2-3-9-22-14;/h2-6,9,12,17H,7-8,10-11H2,1H3,(H3,21,23,24);1H. The Morgan fingerprint density at radius 3 is 2.70 bits per heavy atom. The normalized spacial score (nSPS) is 11.0. The molecule has 0 fully saturated rings. The molecule has 27 heavy (non-hydrogen) atoms. The zero-order valence-electron chi connectivity index (χ0n) is 14.9. The SMILES string of the molecule is COc1ccc(CCNC(N)=NCCc2ccccn2)cc1OC(F)F.I. The maximum Gasteiger partial charge on any atom is 0.387 e. The van der Waals surface area contributed by atoms with Crippen molar-refractivity contribution in [2.75, 3.05) is 20.2 Å². The first kappa shape index (κ1) is 22.9. The first-order valence-electron chi connectivity index (χ1n) is 8.14. The van der Waals surface area contributed by atoms with E-state index in [1.165, 1.54) is 13.2 Å². The van der Waals surface area contributed by atoms with Crippen LogP contribution in [0.15, 0.2) is 47.6 Å². The van der Waals surface area contributed by atoms with Gasteiger partial charge in [0.05, 0.1) is 7.11 Å². The molecule has 0 atom stereocenters. The van der Waals surface area contributed by atoms with E-state index in [0.29, 0.717) is 31.9 Å². The number of rotatable bonds is 9. The first-order valence-corrected chi connectivity index (χ1v) is 8.14. The van der Waals surface area contributed by atoms with Crippen LogP contribution < -0.4 is 20.5 Å². The van der Waals surface area contributed by atoms with E-state index in [4.69, 9.17) is 10.5 Å². The number of hydrogen-bond donors (Lipinski definition) is 2. The van der Waals surface area contributed by atoms with E-state index in [2.05, 4.69) is 20.0 Å². The van der Waals surface area contributed by atoms with Gasteiger partial charge in [-0.1, -0.05) is 12.1 Å². The summed E-state index contributed by atoms with van der Waals surface area (Å²) < 4.78 is 34.4. The molecule has 0 aliphatic carbocycles. The van der Waals surface area contributed by atoms with Crippen LogP contribution in [0.5, 0.6) is 11.5 Å². The molecule has 2 aromatic rings. The van der Waals surface area contributed by atoms with E-state index in [-0.39, 0.29) is 35.5 Å². The van der Waals surface area contributed by atoms with Crippen LogP contribution in [0.2, 0.25) is 0 Å². The summed E-state index contributed by atoms with van der Waals surface area (Å²) in [6, 6.07) is 10.6. The Morgan fingerprint density at radius 2 is 2.04 bits per heavy atom. The molecule has 9 heteroatoms. The molecular weight excluding hydrogens is 469 g/mol. The number of aromatic nitrogens is 1. The second kappa shape index (κ2) is 12.3. The van der Waals surface area contributed by atoms with Crippen LogP contribution >= 0.6 is 24.0 Å². The molecular formula is C18H23F2IN4O2. The Balaban J connectivity index is 0.00000364. The van der Waals surface area contributed by atoms with Crippen LogP contribution in [0.25, 0.3) is 0 Å². The third kappa shape index (κ3) is 8.37. The Kier molecular flexibility index (Phi) is 10.4. The molecule has 0 aliphatic heterocycles. The van der Waals surface area contributed by atoms with Gasteiger partial charge in [-0.15, -0.1) is 24.0 Å². The van der Waals surface area contributed by atoms with Gasteiger partial charge in [0.15, 0.2) is 17.5 Å². The minimum atomic E-state index is -2.90. The van der Waals surface area contributed by atoms with Crippen molar-refractivity contribution >= 4 is 29.9 Å². The Morgan fingerprint density at radius 1 is 1.22 bits per heavy atom. The lowest BCUT2D eigenvalue weighted by atomic mass is 10.1. The highest BCUT2D eigenvalue weighted by Crippen LogP contribution is 2.29. The number of halogens is 3. The van der Waals surface area contributed by atoms with Crippen LogP contribution in [0, 0.1) is 0 Å². The molecule has 1 heterocycles. The third-order valence-corrected chi connectivity index (χ3v) is 3.54. The van der Waals surface area contributed by atoms with Crippen molar-refractivity contribution in [2.24, 2.45) is 10.7 Å². The molecule has 148 valence electrons. The summed E-state index contributed by atoms with van der Waals surface area (Å²) in [6.07, 6.45) is 3.01. The van der Waals surface area contributed by atoms with Crippen molar-refractivity contribution in [1.82, 2.24) is 10.3 Å². The van der Waals surface area contributed by atoms with Gasteiger partial charge in [-0.05, 0) is 36.2 Å². The lowest BCUT2D eigenvalue weighted by Gasteiger charge is -2.12. The second-order valence-corrected chi connectivity index (χ2v) is 5.38. The molecule has 0 bridgehead atoms. The van der Waals surface area contributed by atoms with Gasteiger partial charge in [0.25, 0.3) is 0 Å². The number of guanidine groups is 1. The van der Waals surface area contributed by atoms with Crippen molar-refractivity contribution < 1.29 is 18.3 Å². The average molecular weight is 492 g/mol. The lowest BCUT2D eigenvalue weighted by Crippen LogP contribution is -2.33. The van der Waals surface area contributed by atoms with Crippen LogP contribution in [-0.2, 0) is 12.8 Å². The fourth-order valence-electron chi connectivity index (χ4n) is 2.29. The minimum Gasteiger partial charge on any atom is -0.493 e. The number of methoxy groups -OCH3 is 1. The molecule has 0 unspecified atom stereocenters. The van der Waals surface area contributed by atoms with E-state index in [1.54, 1.807) is 18.3 Å². The maximum absolute atomic E-state index is 12.4. The predicted molar refractivity (Wildman–Crippen MR) is 111 cm³/mol. The van der Waals surface area contributed by atoms with Crippen molar-refractivity contribution in [3.05, 3.63) is 53.9 Å².